The van der Waals surface area contributed by atoms with Crippen molar-refractivity contribution in [1.82, 2.24) is 0 Å². The second kappa shape index (κ2) is 11.0. The highest BCUT2D eigenvalue weighted by atomic mass is 14.7. The maximum atomic E-state index is 5.73. The zero-order valence-electron chi connectivity index (χ0n) is 9.80. The van der Waals surface area contributed by atoms with Crippen molar-refractivity contribution in [2.45, 2.75) is 70.8 Å². The summed E-state index contributed by atoms with van der Waals surface area (Å²) in [6.45, 7) is 2.89. The van der Waals surface area contributed by atoms with Gasteiger partial charge >= 0.3 is 0 Å². The molecule has 0 bridgehead atoms. The highest BCUT2D eigenvalue weighted by molar-refractivity contribution is 4.60. The van der Waals surface area contributed by atoms with E-state index in [0.29, 0.717) is 6.54 Å². The topological polar surface area (TPSA) is 52.0 Å². The van der Waals surface area contributed by atoms with Crippen LogP contribution in [0.4, 0.5) is 0 Å². The van der Waals surface area contributed by atoms with E-state index in [0.717, 1.165) is 6.42 Å². The molecule has 0 aliphatic rings. The smallest absolute Gasteiger partial charge is 0.0163 e. The van der Waals surface area contributed by atoms with Gasteiger partial charge < -0.3 is 11.5 Å². The first-order chi connectivity index (χ1) is 6.81. The predicted octanol–water partition coefficient (Wildman–Crippen LogP) is 2.80. The zero-order chi connectivity index (χ0) is 10.6. The molecule has 0 rings (SSSR count). The molecular weight excluding hydrogens is 172 g/mol. The molecule has 14 heavy (non-hydrogen) atoms. The minimum Gasteiger partial charge on any atom is -0.329 e. The van der Waals surface area contributed by atoms with E-state index in [2.05, 4.69) is 6.92 Å². The van der Waals surface area contributed by atoms with Crippen molar-refractivity contribution in [1.29, 1.82) is 0 Å². The molecule has 1 atom stereocenters. The fourth-order valence-corrected chi connectivity index (χ4v) is 1.66. The Bertz CT molecular complexity index is 104. The molecule has 0 aliphatic carbocycles. The molecule has 0 saturated heterocycles. The molecule has 0 aromatic heterocycles. The third-order valence-electron chi connectivity index (χ3n) is 2.73. The first-order valence-corrected chi connectivity index (χ1v) is 6.27. The highest BCUT2D eigenvalue weighted by Crippen LogP contribution is 2.09. The number of unbranched alkanes of at least 4 members (excludes halogenated alkanes) is 7. The van der Waals surface area contributed by atoms with Crippen LogP contribution in [0.1, 0.15) is 64.7 Å². The van der Waals surface area contributed by atoms with Crippen LogP contribution in [-0.4, -0.2) is 12.6 Å². The van der Waals surface area contributed by atoms with Gasteiger partial charge in [0.2, 0.25) is 0 Å². The van der Waals surface area contributed by atoms with Crippen LogP contribution < -0.4 is 11.5 Å². The largest absolute Gasteiger partial charge is 0.329 e. The Morgan fingerprint density at radius 2 is 1.36 bits per heavy atom. The summed E-state index contributed by atoms with van der Waals surface area (Å²) >= 11 is 0. The third kappa shape index (κ3) is 10.0. The summed E-state index contributed by atoms with van der Waals surface area (Å²) < 4.78 is 0. The molecular formula is C12H28N2. The lowest BCUT2D eigenvalue weighted by molar-refractivity contribution is 0.530. The van der Waals surface area contributed by atoms with Gasteiger partial charge in [0.1, 0.15) is 0 Å². The van der Waals surface area contributed by atoms with Crippen molar-refractivity contribution in [2.75, 3.05) is 6.54 Å². The monoisotopic (exact) mass is 200 g/mol. The number of rotatable bonds is 10. The van der Waals surface area contributed by atoms with E-state index in [1.807, 2.05) is 0 Å². The Hall–Kier alpha value is -0.0800. The van der Waals surface area contributed by atoms with Crippen LogP contribution in [-0.2, 0) is 0 Å². The second-order valence-electron chi connectivity index (χ2n) is 4.26. The van der Waals surface area contributed by atoms with Crippen LogP contribution in [0.15, 0.2) is 0 Å². The van der Waals surface area contributed by atoms with Gasteiger partial charge in [-0.25, -0.2) is 0 Å². The Labute approximate surface area is 89.4 Å². The van der Waals surface area contributed by atoms with Gasteiger partial charge in [0.25, 0.3) is 0 Å². The molecule has 0 radical (unpaired) electrons. The van der Waals surface area contributed by atoms with Gasteiger partial charge in [0.15, 0.2) is 0 Å². The summed E-state index contributed by atoms with van der Waals surface area (Å²) in [5.41, 5.74) is 11.2. The van der Waals surface area contributed by atoms with Crippen molar-refractivity contribution in [2.24, 2.45) is 11.5 Å². The summed E-state index contributed by atoms with van der Waals surface area (Å²) in [4.78, 5) is 0. The quantitative estimate of drug-likeness (QED) is 0.533. The van der Waals surface area contributed by atoms with Crippen LogP contribution in [0.5, 0.6) is 0 Å². The van der Waals surface area contributed by atoms with Crippen LogP contribution in [0.2, 0.25) is 0 Å². The molecule has 0 amide bonds. The summed E-state index contributed by atoms with van der Waals surface area (Å²) in [5, 5.41) is 0. The van der Waals surface area contributed by atoms with E-state index in [4.69, 9.17) is 11.5 Å². The standard InChI is InChI=1S/C12H28N2/c1-2-3-4-5-6-7-8-9-10-12(14)11-13/h12H,2-11,13-14H2,1H3. The maximum Gasteiger partial charge on any atom is 0.0163 e. The summed E-state index contributed by atoms with van der Waals surface area (Å²) in [6.07, 6.45) is 12.0. The van der Waals surface area contributed by atoms with Gasteiger partial charge in [-0.3, -0.25) is 0 Å². The minimum absolute atomic E-state index is 0.232. The Balaban J connectivity index is 2.92. The van der Waals surface area contributed by atoms with Gasteiger partial charge in [-0.15, -0.1) is 0 Å². The van der Waals surface area contributed by atoms with E-state index in [-0.39, 0.29) is 6.04 Å². The number of hydrogen-bond acceptors (Lipinski definition) is 2. The minimum atomic E-state index is 0.232. The SMILES string of the molecule is CCCCCCCCCCC(N)CN. The molecule has 0 aromatic carbocycles. The molecule has 2 nitrogen and oxygen atoms in total. The van der Waals surface area contributed by atoms with Crippen molar-refractivity contribution in [3.05, 3.63) is 0 Å². The first-order valence-electron chi connectivity index (χ1n) is 6.27. The molecule has 4 N–H and O–H groups in total. The average molecular weight is 200 g/mol. The molecule has 0 fully saturated rings. The van der Waals surface area contributed by atoms with Gasteiger partial charge in [0, 0.05) is 12.6 Å². The third-order valence-corrected chi connectivity index (χ3v) is 2.73. The van der Waals surface area contributed by atoms with E-state index in [1.165, 1.54) is 51.4 Å². The maximum absolute atomic E-state index is 5.73. The first kappa shape index (κ1) is 13.9. The van der Waals surface area contributed by atoms with Crippen molar-refractivity contribution < 1.29 is 0 Å². The van der Waals surface area contributed by atoms with E-state index < -0.39 is 0 Å². The van der Waals surface area contributed by atoms with Crippen LogP contribution in [0.3, 0.4) is 0 Å². The van der Waals surface area contributed by atoms with Crippen molar-refractivity contribution in [3.8, 4) is 0 Å². The lowest BCUT2D eigenvalue weighted by Gasteiger charge is -2.07. The van der Waals surface area contributed by atoms with Gasteiger partial charge in [-0.05, 0) is 6.42 Å². The Kier molecular flexibility index (Phi) is 10.9. The summed E-state index contributed by atoms with van der Waals surface area (Å²) in [5.74, 6) is 0. The van der Waals surface area contributed by atoms with E-state index in [9.17, 15) is 0 Å². The van der Waals surface area contributed by atoms with E-state index >= 15 is 0 Å². The van der Waals surface area contributed by atoms with Gasteiger partial charge in [-0.2, -0.15) is 0 Å². The highest BCUT2D eigenvalue weighted by Gasteiger charge is 1.98. The lowest BCUT2D eigenvalue weighted by Crippen LogP contribution is -2.29. The summed E-state index contributed by atoms with van der Waals surface area (Å²) in [7, 11) is 0. The molecule has 0 aromatic rings. The molecule has 0 spiro atoms. The fourth-order valence-electron chi connectivity index (χ4n) is 1.66. The molecule has 1 unspecified atom stereocenters. The molecule has 2 heteroatoms. The Morgan fingerprint density at radius 3 is 1.86 bits per heavy atom. The number of hydrogen-bond donors (Lipinski definition) is 2. The van der Waals surface area contributed by atoms with Crippen LogP contribution in [0.25, 0.3) is 0 Å². The summed E-state index contributed by atoms with van der Waals surface area (Å²) in [6, 6.07) is 0.232. The van der Waals surface area contributed by atoms with Crippen molar-refractivity contribution >= 4 is 0 Å². The van der Waals surface area contributed by atoms with Gasteiger partial charge in [0.05, 0.1) is 0 Å². The molecule has 0 heterocycles. The van der Waals surface area contributed by atoms with Crippen molar-refractivity contribution in [3.63, 3.8) is 0 Å². The predicted molar refractivity (Wildman–Crippen MR) is 64.3 cm³/mol. The van der Waals surface area contributed by atoms with Crippen LogP contribution >= 0.6 is 0 Å². The lowest BCUT2D eigenvalue weighted by atomic mass is 10.1. The molecule has 0 saturated carbocycles. The number of nitrogens with two attached hydrogens (primary N) is 2. The average Bonchev–Trinajstić information content (AvgIpc) is 2.21. The molecule has 0 aliphatic heterocycles. The Morgan fingerprint density at radius 1 is 0.857 bits per heavy atom. The fraction of sp³-hybridized carbons (Fsp3) is 1.00. The van der Waals surface area contributed by atoms with Crippen LogP contribution in [0, 0.1) is 0 Å². The molecule has 86 valence electrons. The van der Waals surface area contributed by atoms with Gasteiger partial charge in [-0.1, -0.05) is 58.3 Å². The van der Waals surface area contributed by atoms with E-state index in [1.54, 1.807) is 0 Å². The zero-order valence-corrected chi connectivity index (χ0v) is 9.80. The second-order valence-corrected chi connectivity index (χ2v) is 4.26. The normalized spacial score (nSPS) is 13.1.